The van der Waals surface area contributed by atoms with Crippen molar-refractivity contribution in [3.8, 4) is 5.75 Å². The average Bonchev–Trinajstić information content (AvgIpc) is 3.05. The van der Waals surface area contributed by atoms with E-state index in [4.69, 9.17) is 14.7 Å². The molecule has 0 radical (unpaired) electrons. The first kappa shape index (κ1) is 23.4. The van der Waals surface area contributed by atoms with E-state index in [1.54, 1.807) is 12.1 Å². The van der Waals surface area contributed by atoms with Crippen molar-refractivity contribution in [2.45, 2.75) is 13.3 Å². The minimum atomic E-state index is -0.232. The fourth-order valence-electron chi connectivity index (χ4n) is 3.90. The highest BCUT2D eigenvalue weighted by Gasteiger charge is 2.18. The third kappa shape index (κ3) is 6.19. The number of anilines is 2. The molecule has 1 aliphatic rings. The van der Waals surface area contributed by atoms with Crippen LogP contribution in [0.3, 0.4) is 0 Å². The van der Waals surface area contributed by atoms with Crippen LogP contribution in [-0.2, 0) is 4.79 Å². The summed E-state index contributed by atoms with van der Waals surface area (Å²) >= 11 is 3.38. The first-order valence-corrected chi connectivity index (χ1v) is 11.9. The van der Waals surface area contributed by atoms with Gasteiger partial charge in [-0.15, -0.1) is 0 Å². The van der Waals surface area contributed by atoms with Gasteiger partial charge in [-0.3, -0.25) is 9.69 Å². The maximum Gasteiger partial charge on any atom is 0.262 e. The zero-order valence-corrected chi connectivity index (χ0v) is 20.2. The van der Waals surface area contributed by atoms with Crippen molar-refractivity contribution in [1.29, 1.82) is 0 Å². The van der Waals surface area contributed by atoms with Gasteiger partial charge in [0.25, 0.3) is 5.91 Å². The molecule has 0 atom stereocenters. The fourth-order valence-corrected chi connectivity index (χ4v) is 4.16. The van der Waals surface area contributed by atoms with Gasteiger partial charge in [0.2, 0.25) is 5.95 Å². The molecular formula is C24H28BrN5O3. The minimum Gasteiger partial charge on any atom is -0.484 e. The number of aryl methyl sites for hydroxylation is 1. The predicted octanol–water partition coefficient (Wildman–Crippen LogP) is 3.22. The lowest BCUT2D eigenvalue weighted by Crippen LogP contribution is -2.33. The summed E-state index contributed by atoms with van der Waals surface area (Å²) in [6, 6.07) is 13.0. The van der Waals surface area contributed by atoms with Crippen LogP contribution in [0, 0.1) is 6.92 Å². The highest BCUT2D eigenvalue weighted by molar-refractivity contribution is 9.10. The van der Waals surface area contributed by atoms with Gasteiger partial charge in [-0.25, -0.2) is 9.97 Å². The monoisotopic (exact) mass is 513 g/mol. The SMILES string of the molecule is Cc1nc(N2CCCN(CCO)CC2)nc2ccc(NC(=O)COc3ccc(Br)cc3)cc12. The number of amides is 1. The summed E-state index contributed by atoms with van der Waals surface area (Å²) in [4.78, 5) is 26.3. The van der Waals surface area contributed by atoms with E-state index >= 15 is 0 Å². The van der Waals surface area contributed by atoms with Crippen LogP contribution in [0.5, 0.6) is 5.75 Å². The molecule has 0 spiro atoms. The Morgan fingerprint density at radius 3 is 2.73 bits per heavy atom. The topological polar surface area (TPSA) is 90.8 Å². The second kappa shape index (κ2) is 10.9. The lowest BCUT2D eigenvalue weighted by Gasteiger charge is -2.22. The van der Waals surface area contributed by atoms with Crippen molar-refractivity contribution in [3.63, 3.8) is 0 Å². The second-order valence-corrected chi connectivity index (χ2v) is 8.95. The van der Waals surface area contributed by atoms with E-state index in [9.17, 15) is 9.90 Å². The Morgan fingerprint density at radius 2 is 1.94 bits per heavy atom. The number of nitrogens with zero attached hydrogens (tertiary/aromatic N) is 4. The van der Waals surface area contributed by atoms with Gasteiger partial charge in [0.15, 0.2) is 6.61 Å². The molecule has 33 heavy (non-hydrogen) atoms. The number of carbonyl (C=O) groups is 1. The van der Waals surface area contributed by atoms with Crippen LogP contribution in [0.2, 0.25) is 0 Å². The van der Waals surface area contributed by atoms with E-state index in [0.29, 0.717) is 18.0 Å². The summed E-state index contributed by atoms with van der Waals surface area (Å²) < 4.78 is 6.50. The normalized spacial score (nSPS) is 14.8. The van der Waals surface area contributed by atoms with Crippen LogP contribution < -0.4 is 15.0 Å². The molecule has 1 saturated heterocycles. The molecule has 1 amide bonds. The summed E-state index contributed by atoms with van der Waals surface area (Å²) in [6.07, 6.45) is 1.01. The lowest BCUT2D eigenvalue weighted by molar-refractivity contribution is -0.118. The average molecular weight is 514 g/mol. The van der Waals surface area contributed by atoms with E-state index < -0.39 is 0 Å². The summed E-state index contributed by atoms with van der Waals surface area (Å²) in [5.41, 5.74) is 2.40. The lowest BCUT2D eigenvalue weighted by atomic mass is 10.1. The van der Waals surface area contributed by atoms with Crippen LogP contribution in [-0.4, -0.2) is 71.8 Å². The zero-order valence-electron chi connectivity index (χ0n) is 18.6. The van der Waals surface area contributed by atoms with Gasteiger partial charge in [-0.2, -0.15) is 0 Å². The van der Waals surface area contributed by atoms with Gasteiger partial charge in [-0.05, 0) is 62.4 Å². The van der Waals surface area contributed by atoms with Gasteiger partial charge < -0.3 is 20.1 Å². The van der Waals surface area contributed by atoms with Crippen molar-refractivity contribution in [1.82, 2.24) is 14.9 Å². The Kier molecular flexibility index (Phi) is 7.74. The Labute approximate surface area is 201 Å². The third-order valence-electron chi connectivity index (χ3n) is 5.63. The standard InChI is InChI=1S/C24H28BrN5O3/c1-17-21-15-19(27-23(32)16-33-20-6-3-18(25)4-7-20)5-8-22(21)28-24(26-17)30-10-2-9-29(11-12-30)13-14-31/h3-8,15,31H,2,9-14,16H2,1H3,(H,27,32). The quantitative estimate of drug-likeness (QED) is 0.501. The molecule has 2 aromatic carbocycles. The molecule has 9 heteroatoms. The number of fused-ring (bicyclic) bond motifs is 1. The van der Waals surface area contributed by atoms with Crippen molar-refractivity contribution in [2.24, 2.45) is 0 Å². The number of hydrogen-bond donors (Lipinski definition) is 2. The molecular weight excluding hydrogens is 486 g/mol. The first-order chi connectivity index (χ1) is 16.0. The van der Waals surface area contributed by atoms with Crippen LogP contribution in [0.4, 0.5) is 11.6 Å². The number of carbonyl (C=O) groups excluding carboxylic acids is 1. The number of β-amino-alcohol motifs (C(OH)–C–C–N with tert-alkyl or cyclic N) is 1. The molecule has 0 aliphatic carbocycles. The molecule has 3 aromatic rings. The van der Waals surface area contributed by atoms with Crippen LogP contribution in [0.25, 0.3) is 10.9 Å². The summed E-state index contributed by atoms with van der Waals surface area (Å²) in [5, 5.41) is 13.0. The fraction of sp³-hybridized carbons (Fsp3) is 0.375. The number of halogens is 1. The van der Waals surface area contributed by atoms with Gasteiger partial charge in [0, 0.05) is 41.7 Å². The van der Waals surface area contributed by atoms with Crippen LogP contribution in [0.15, 0.2) is 46.9 Å². The largest absolute Gasteiger partial charge is 0.484 e. The Morgan fingerprint density at radius 1 is 1.12 bits per heavy atom. The van der Waals surface area contributed by atoms with Gasteiger partial charge >= 0.3 is 0 Å². The Hall–Kier alpha value is -2.75. The number of ether oxygens (including phenoxy) is 1. The second-order valence-electron chi connectivity index (χ2n) is 8.04. The molecule has 2 heterocycles. The molecule has 0 saturated carbocycles. The number of benzene rings is 2. The van der Waals surface area contributed by atoms with Gasteiger partial charge in [0.05, 0.1) is 17.8 Å². The van der Waals surface area contributed by atoms with Crippen molar-refractivity contribution in [3.05, 3.63) is 52.6 Å². The van der Waals surface area contributed by atoms with Crippen LogP contribution >= 0.6 is 15.9 Å². The summed E-state index contributed by atoms with van der Waals surface area (Å²) in [5.74, 6) is 1.13. The van der Waals surface area contributed by atoms with Crippen molar-refractivity contribution < 1.29 is 14.6 Å². The molecule has 0 bridgehead atoms. The minimum absolute atomic E-state index is 0.0731. The zero-order chi connectivity index (χ0) is 23.2. The van der Waals surface area contributed by atoms with Crippen molar-refractivity contribution >= 4 is 44.4 Å². The molecule has 2 N–H and O–H groups in total. The first-order valence-electron chi connectivity index (χ1n) is 11.1. The number of aliphatic hydroxyl groups excluding tert-OH is 1. The number of hydrogen-bond acceptors (Lipinski definition) is 7. The molecule has 1 aliphatic heterocycles. The molecule has 4 rings (SSSR count). The van der Waals surface area contributed by atoms with E-state index in [2.05, 4.69) is 31.0 Å². The van der Waals surface area contributed by atoms with E-state index in [1.807, 2.05) is 37.3 Å². The maximum atomic E-state index is 12.3. The highest BCUT2D eigenvalue weighted by Crippen LogP contribution is 2.24. The van der Waals surface area contributed by atoms with Crippen molar-refractivity contribution in [2.75, 3.05) is 56.2 Å². The molecule has 0 unspecified atom stereocenters. The number of aliphatic hydroxyl groups is 1. The summed E-state index contributed by atoms with van der Waals surface area (Å²) in [6.45, 7) is 6.35. The molecule has 1 aromatic heterocycles. The molecule has 8 nitrogen and oxygen atoms in total. The number of aromatic nitrogens is 2. The predicted molar refractivity (Wildman–Crippen MR) is 133 cm³/mol. The Bertz CT molecular complexity index is 1110. The Balaban J connectivity index is 1.42. The maximum absolute atomic E-state index is 12.3. The number of nitrogens with one attached hydrogen (secondary N) is 1. The molecule has 1 fully saturated rings. The number of rotatable bonds is 7. The van der Waals surface area contributed by atoms with E-state index in [0.717, 1.165) is 59.6 Å². The van der Waals surface area contributed by atoms with E-state index in [1.165, 1.54) is 0 Å². The van der Waals surface area contributed by atoms with E-state index in [-0.39, 0.29) is 19.1 Å². The van der Waals surface area contributed by atoms with Crippen LogP contribution in [0.1, 0.15) is 12.1 Å². The smallest absolute Gasteiger partial charge is 0.262 e. The van der Waals surface area contributed by atoms with Gasteiger partial charge in [-0.1, -0.05) is 15.9 Å². The highest BCUT2D eigenvalue weighted by atomic mass is 79.9. The van der Waals surface area contributed by atoms with Gasteiger partial charge in [0.1, 0.15) is 5.75 Å². The third-order valence-corrected chi connectivity index (χ3v) is 6.16. The summed E-state index contributed by atoms with van der Waals surface area (Å²) in [7, 11) is 0. The molecule has 174 valence electrons.